The van der Waals surface area contributed by atoms with Gasteiger partial charge in [-0.1, -0.05) is 23.8 Å². The van der Waals surface area contributed by atoms with Crippen molar-refractivity contribution in [1.29, 1.82) is 0 Å². The zero-order chi connectivity index (χ0) is 15.5. The van der Waals surface area contributed by atoms with Crippen LogP contribution in [0.2, 0.25) is 0 Å². The molecule has 6 heteroatoms. The number of unbranched alkanes of at least 4 members (excludes halogenated alkanes) is 1. The van der Waals surface area contributed by atoms with Crippen molar-refractivity contribution in [1.82, 2.24) is 15.0 Å². The number of aromatic nitrogens is 3. The standard InChI is InChI=1S/C15H19N3O3/c1-15(2,14(20)21)9-5-6-10-18-13(19)11-7-3-4-8-12(11)16-17-18/h3-4,7-8H,5-6,9-10H2,1-2H3,(H,20,21). The molecule has 0 spiro atoms. The van der Waals surface area contributed by atoms with Crippen LogP contribution in [0, 0.1) is 5.41 Å². The van der Waals surface area contributed by atoms with Gasteiger partial charge in [-0.15, -0.1) is 5.10 Å². The lowest BCUT2D eigenvalue weighted by Gasteiger charge is -2.18. The maximum atomic E-state index is 12.2. The molecule has 0 atom stereocenters. The molecule has 0 saturated heterocycles. The first-order valence-electron chi connectivity index (χ1n) is 6.98. The van der Waals surface area contributed by atoms with E-state index in [1.165, 1.54) is 4.68 Å². The van der Waals surface area contributed by atoms with E-state index in [0.29, 0.717) is 30.3 Å². The molecule has 21 heavy (non-hydrogen) atoms. The van der Waals surface area contributed by atoms with Gasteiger partial charge in [0.25, 0.3) is 5.56 Å². The van der Waals surface area contributed by atoms with Crippen LogP contribution in [0.4, 0.5) is 0 Å². The first-order chi connectivity index (χ1) is 9.92. The van der Waals surface area contributed by atoms with Gasteiger partial charge in [0.05, 0.1) is 10.8 Å². The molecule has 0 saturated carbocycles. The van der Waals surface area contributed by atoms with Gasteiger partial charge < -0.3 is 5.11 Å². The van der Waals surface area contributed by atoms with E-state index in [0.717, 1.165) is 6.42 Å². The van der Waals surface area contributed by atoms with Crippen LogP contribution < -0.4 is 5.56 Å². The summed E-state index contributed by atoms with van der Waals surface area (Å²) in [4.78, 5) is 23.2. The molecule has 0 unspecified atom stereocenters. The highest BCUT2D eigenvalue weighted by Crippen LogP contribution is 2.23. The molecule has 0 bridgehead atoms. The highest BCUT2D eigenvalue weighted by Gasteiger charge is 2.26. The summed E-state index contributed by atoms with van der Waals surface area (Å²) >= 11 is 0. The normalized spacial score (nSPS) is 11.7. The molecule has 1 aromatic carbocycles. The van der Waals surface area contributed by atoms with Gasteiger partial charge in [0.1, 0.15) is 5.52 Å². The molecule has 0 aliphatic rings. The number of nitrogens with zero attached hydrogens (tertiary/aromatic N) is 3. The molecule has 0 fully saturated rings. The first-order valence-corrected chi connectivity index (χ1v) is 6.98. The summed E-state index contributed by atoms with van der Waals surface area (Å²) in [7, 11) is 0. The van der Waals surface area contributed by atoms with Crippen LogP contribution in [0.5, 0.6) is 0 Å². The molecule has 6 nitrogen and oxygen atoms in total. The minimum Gasteiger partial charge on any atom is -0.481 e. The van der Waals surface area contributed by atoms with E-state index in [1.54, 1.807) is 32.0 Å². The zero-order valence-electron chi connectivity index (χ0n) is 12.2. The van der Waals surface area contributed by atoms with Crippen molar-refractivity contribution in [3.05, 3.63) is 34.6 Å². The predicted octanol–water partition coefficient (Wildman–Crippen LogP) is 2.07. The second kappa shape index (κ2) is 6.03. The molecule has 112 valence electrons. The van der Waals surface area contributed by atoms with Crippen molar-refractivity contribution < 1.29 is 9.90 Å². The van der Waals surface area contributed by atoms with Crippen molar-refractivity contribution in [2.75, 3.05) is 0 Å². The number of hydrogen-bond acceptors (Lipinski definition) is 4. The van der Waals surface area contributed by atoms with E-state index in [-0.39, 0.29) is 5.56 Å². The third-order valence-corrected chi connectivity index (χ3v) is 3.63. The van der Waals surface area contributed by atoms with Gasteiger partial charge in [0, 0.05) is 6.54 Å². The average Bonchev–Trinajstić information content (AvgIpc) is 2.45. The highest BCUT2D eigenvalue weighted by atomic mass is 16.4. The molecule has 0 amide bonds. The molecule has 1 N–H and O–H groups in total. The SMILES string of the molecule is CC(C)(CCCCn1nnc2ccccc2c1=O)C(=O)O. The Morgan fingerprint density at radius 3 is 2.71 bits per heavy atom. The van der Waals surface area contributed by atoms with Crippen molar-refractivity contribution in [2.24, 2.45) is 5.41 Å². The first kappa shape index (κ1) is 15.2. The van der Waals surface area contributed by atoms with E-state index in [2.05, 4.69) is 10.3 Å². The lowest BCUT2D eigenvalue weighted by Crippen LogP contribution is -2.25. The monoisotopic (exact) mass is 289 g/mol. The fourth-order valence-corrected chi connectivity index (χ4v) is 2.11. The third kappa shape index (κ3) is 3.45. The van der Waals surface area contributed by atoms with Crippen molar-refractivity contribution >= 4 is 16.9 Å². The summed E-state index contributed by atoms with van der Waals surface area (Å²) in [6, 6.07) is 7.10. The maximum Gasteiger partial charge on any atom is 0.309 e. The Morgan fingerprint density at radius 1 is 1.29 bits per heavy atom. The molecule has 1 heterocycles. The van der Waals surface area contributed by atoms with Crippen molar-refractivity contribution in [3.63, 3.8) is 0 Å². The summed E-state index contributed by atoms with van der Waals surface area (Å²) < 4.78 is 1.34. The number of carboxylic acids is 1. The number of fused-ring (bicyclic) bond motifs is 1. The third-order valence-electron chi connectivity index (χ3n) is 3.63. The number of aryl methyl sites for hydroxylation is 1. The highest BCUT2D eigenvalue weighted by molar-refractivity contribution is 5.76. The average molecular weight is 289 g/mol. The molecule has 0 aliphatic heterocycles. The van der Waals surface area contributed by atoms with Gasteiger partial charge in [-0.05, 0) is 38.8 Å². The fraction of sp³-hybridized carbons (Fsp3) is 0.467. The Kier molecular flexibility index (Phi) is 4.35. The van der Waals surface area contributed by atoms with Gasteiger partial charge in [0.15, 0.2) is 0 Å². The van der Waals surface area contributed by atoms with E-state index in [1.807, 2.05) is 6.07 Å². The summed E-state index contributed by atoms with van der Waals surface area (Å²) in [5.74, 6) is -0.801. The Hall–Kier alpha value is -2.24. The topological polar surface area (TPSA) is 85.1 Å². The maximum absolute atomic E-state index is 12.2. The zero-order valence-corrected chi connectivity index (χ0v) is 12.2. The van der Waals surface area contributed by atoms with Crippen LogP contribution in [-0.2, 0) is 11.3 Å². The van der Waals surface area contributed by atoms with Gasteiger partial charge in [-0.2, -0.15) is 0 Å². The van der Waals surface area contributed by atoms with Crippen LogP contribution in [0.15, 0.2) is 29.1 Å². The quantitative estimate of drug-likeness (QED) is 0.823. The van der Waals surface area contributed by atoms with E-state index < -0.39 is 11.4 Å². The van der Waals surface area contributed by atoms with E-state index >= 15 is 0 Å². The number of aliphatic carboxylic acids is 1. The van der Waals surface area contributed by atoms with E-state index in [4.69, 9.17) is 5.11 Å². The minimum atomic E-state index is -0.801. The number of hydrogen-bond donors (Lipinski definition) is 1. The number of benzene rings is 1. The van der Waals surface area contributed by atoms with Crippen LogP contribution in [0.1, 0.15) is 33.1 Å². The van der Waals surface area contributed by atoms with E-state index in [9.17, 15) is 9.59 Å². The lowest BCUT2D eigenvalue weighted by molar-refractivity contribution is -0.147. The molecule has 2 rings (SSSR count). The van der Waals surface area contributed by atoms with Crippen molar-refractivity contribution in [2.45, 2.75) is 39.7 Å². The summed E-state index contributed by atoms with van der Waals surface area (Å²) in [5, 5.41) is 17.5. The number of carbonyl (C=O) groups is 1. The van der Waals surface area contributed by atoms with Crippen molar-refractivity contribution in [3.8, 4) is 0 Å². The Morgan fingerprint density at radius 2 is 2.00 bits per heavy atom. The molecule has 0 aliphatic carbocycles. The molecule has 0 radical (unpaired) electrons. The van der Waals surface area contributed by atoms with Crippen LogP contribution in [-0.4, -0.2) is 26.1 Å². The van der Waals surface area contributed by atoms with Crippen LogP contribution in [0.3, 0.4) is 0 Å². The molecule has 2 aromatic rings. The minimum absolute atomic E-state index is 0.155. The Balaban J connectivity index is 2.00. The summed E-state index contributed by atoms with van der Waals surface area (Å²) in [5.41, 5.74) is -0.302. The van der Waals surface area contributed by atoms with Gasteiger partial charge in [-0.3, -0.25) is 9.59 Å². The molecule has 1 aromatic heterocycles. The molecular formula is C15H19N3O3. The number of rotatable bonds is 6. The summed E-state index contributed by atoms with van der Waals surface area (Å²) in [6.07, 6.45) is 1.99. The second-order valence-electron chi connectivity index (χ2n) is 5.78. The van der Waals surface area contributed by atoms with Crippen LogP contribution >= 0.6 is 0 Å². The smallest absolute Gasteiger partial charge is 0.309 e. The summed E-state index contributed by atoms with van der Waals surface area (Å²) in [6.45, 7) is 3.86. The fourth-order valence-electron chi connectivity index (χ4n) is 2.11. The Labute approximate surface area is 122 Å². The van der Waals surface area contributed by atoms with Gasteiger partial charge in [0.2, 0.25) is 0 Å². The largest absolute Gasteiger partial charge is 0.481 e. The van der Waals surface area contributed by atoms with Gasteiger partial charge >= 0.3 is 5.97 Å². The second-order valence-corrected chi connectivity index (χ2v) is 5.78. The number of carboxylic acid groups (broad SMARTS) is 1. The lowest BCUT2D eigenvalue weighted by atomic mass is 9.87. The predicted molar refractivity (Wildman–Crippen MR) is 79.1 cm³/mol. The Bertz CT molecular complexity index is 707. The van der Waals surface area contributed by atoms with Crippen LogP contribution in [0.25, 0.3) is 10.9 Å². The van der Waals surface area contributed by atoms with Gasteiger partial charge in [-0.25, -0.2) is 4.68 Å². The molecular weight excluding hydrogens is 270 g/mol.